The molecule has 11 heavy (non-hydrogen) atoms. The molecule has 2 nitrogen and oxygen atoms in total. The Hall–Kier alpha value is 0.270. The van der Waals surface area contributed by atoms with Crippen molar-refractivity contribution >= 4 is 11.8 Å². The van der Waals surface area contributed by atoms with Crippen molar-refractivity contribution in [3.63, 3.8) is 0 Å². The summed E-state index contributed by atoms with van der Waals surface area (Å²) >= 11 is 2.07. The Balaban J connectivity index is 2.08. The Kier molecular flexibility index (Phi) is 4.26. The van der Waals surface area contributed by atoms with E-state index in [1.807, 2.05) is 0 Å². The fourth-order valence-electron chi connectivity index (χ4n) is 1.49. The van der Waals surface area contributed by atoms with Crippen LogP contribution in [0.4, 0.5) is 0 Å². The molecule has 0 unspecified atom stereocenters. The van der Waals surface area contributed by atoms with Crippen LogP contribution in [0.3, 0.4) is 0 Å². The maximum atomic E-state index is 5.08. The third kappa shape index (κ3) is 3.45. The quantitative estimate of drug-likeness (QED) is 0.657. The minimum absolute atomic E-state index is 0.628. The second-order valence-corrected chi connectivity index (χ2v) is 4.40. The fraction of sp³-hybridized carbons (Fsp3) is 1.00. The van der Waals surface area contributed by atoms with Crippen molar-refractivity contribution in [3.05, 3.63) is 0 Å². The first-order valence-corrected chi connectivity index (χ1v) is 5.40. The summed E-state index contributed by atoms with van der Waals surface area (Å²) in [6.45, 7) is 3.10. The highest BCUT2D eigenvalue weighted by Crippen LogP contribution is 2.14. The van der Waals surface area contributed by atoms with Gasteiger partial charge in [0.2, 0.25) is 0 Å². The topological polar surface area (TPSA) is 25.8 Å². The molecule has 2 N–H and O–H groups in total. The lowest BCUT2D eigenvalue weighted by atomic mass is 10.2. The number of quaternary nitrogens is 1. The SMILES string of the molecule is COC[C@H](C)[NH2+][C@@H]1CCSC1. The third-order valence-electron chi connectivity index (χ3n) is 2.00. The minimum atomic E-state index is 0.628. The molecule has 1 aliphatic rings. The van der Waals surface area contributed by atoms with Crippen LogP contribution in [-0.4, -0.2) is 37.3 Å². The first-order valence-electron chi connectivity index (χ1n) is 4.24. The molecule has 1 aliphatic heterocycles. The smallest absolute Gasteiger partial charge is 0.107 e. The van der Waals surface area contributed by atoms with E-state index in [0.717, 1.165) is 12.6 Å². The minimum Gasteiger partial charge on any atom is -0.379 e. The van der Waals surface area contributed by atoms with Crippen LogP contribution in [0.1, 0.15) is 13.3 Å². The zero-order chi connectivity index (χ0) is 8.10. The van der Waals surface area contributed by atoms with Crippen LogP contribution in [0.5, 0.6) is 0 Å². The van der Waals surface area contributed by atoms with E-state index in [1.165, 1.54) is 17.9 Å². The third-order valence-corrected chi connectivity index (χ3v) is 3.18. The average Bonchev–Trinajstić information content (AvgIpc) is 2.40. The molecule has 0 aromatic rings. The van der Waals surface area contributed by atoms with Gasteiger partial charge >= 0.3 is 0 Å². The molecule has 0 aliphatic carbocycles. The highest BCUT2D eigenvalue weighted by atomic mass is 32.2. The Morgan fingerprint density at radius 1 is 1.73 bits per heavy atom. The van der Waals surface area contributed by atoms with Gasteiger partial charge in [-0.3, -0.25) is 0 Å². The van der Waals surface area contributed by atoms with E-state index < -0.39 is 0 Å². The molecule has 3 heteroatoms. The van der Waals surface area contributed by atoms with E-state index in [4.69, 9.17) is 4.74 Å². The van der Waals surface area contributed by atoms with Gasteiger partial charge in [0, 0.05) is 19.3 Å². The van der Waals surface area contributed by atoms with E-state index in [-0.39, 0.29) is 0 Å². The van der Waals surface area contributed by atoms with Crippen LogP contribution in [0.25, 0.3) is 0 Å². The van der Waals surface area contributed by atoms with Crippen LogP contribution >= 0.6 is 11.8 Å². The summed E-state index contributed by atoms with van der Waals surface area (Å²) in [6, 6.07) is 1.48. The molecule has 1 rings (SSSR count). The van der Waals surface area contributed by atoms with Gasteiger partial charge in [0.25, 0.3) is 0 Å². The molecular formula is C8H18NOS+. The molecule has 0 bridgehead atoms. The van der Waals surface area contributed by atoms with Gasteiger partial charge in [0.05, 0.1) is 12.6 Å². The number of hydrogen-bond acceptors (Lipinski definition) is 2. The molecule has 1 heterocycles. The van der Waals surface area contributed by atoms with Gasteiger partial charge in [-0.05, 0) is 12.7 Å². The van der Waals surface area contributed by atoms with Gasteiger partial charge in [-0.25, -0.2) is 0 Å². The molecule has 0 spiro atoms. The van der Waals surface area contributed by atoms with E-state index in [9.17, 15) is 0 Å². The number of nitrogens with two attached hydrogens (primary N) is 1. The molecule has 0 saturated carbocycles. The zero-order valence-electron chi connectivity index (χ0n) is 7.38. The lowest BCUT2D eigenvalue weighted by Gasteiger charge is -2.13. The van der Waals surface area contributed by atoms with E-state index in [1.54, 1.807) is 7.11 Å². The first-order chi connectivity index (χ1) is 5.33. The second kappa shape index (κ2) is 5.01. The number of thioether (sulfide) groups is 1. The molecule has 1 fully saturated rings. The molecular weight excluding hydrogens is 158 g/mol. The summed E-state index contributed by atoms with van der Waals surface area (Å²) in [4.78, 5) is 0. The summed E-state index contributed by atoms with van der Waals surface area (Å²) in [5, 5.41) is 2.45. The fourth-order valence-corrected chi connectivity index (χ4v) is 2.70. The number of ether oxygens (including phenoxy) is 1. The standard InChI is InChI=1S/C8H17NOS/c1-7(5-10-2)9-8-3-4-11-6-8/h7-9H,3-6H2,1-2H3/p+1/t7-,8+/m0/s1. The Morgan fingerprint density at radius 3 is 3.09 bits per heavy atom. The van der Waals surface area contributed by atoms with Gasteiger partial charge < -0.3 is 10.1 Å². The lowest BCUT2D eigenvalue weighted by molar-refractivity contribution is -0.715. The molecule has 1 saturated heterocycles. The van der Waals surface area contributed by atoms with Crippen molar-refractivity contribution in [2.24, 2.45) is 0 Å². The maximum Gasteiger partial charge on any atom is 0.107 e. The van der Waals surface area contributed by atoms with Crippen LogP contribution < -0.4 is 5.32 Å². The van der Waals surface area contributed by atoms with Crippen molar-refractivity contribution in [2.75, 3.05) is 25.2 Å². The maximum absolute atomic E-state index is 5.08. The Bertz CT molecular complexity index is 104. The van der Waals surface area contributed by atoms with Crippen LogP contribution in [0, 0.1) is 0 Å². The van der Waals surface area contributed by atoms with Crippen LogP contribution in [0.15, 0.2) is 0 Å². The predicted molar refractivity (Wildman–Crippen MR) is 49.0 cm³/mol. The van der Waals surface area contributed by atoms with Gasteiger partial charge in [-0.2, -0.15) is 11.8 Å². The molecule has 66 valence electrons. The molecule has 0 radical (unpaired) electrons. The Morgan fingerprint density at radius 2 is 2.55 bits per heavy atom. The van der Waals surface area contributed by atoms with E-state index >= 15 is 0 Å². The van der Waals surface area contributed by atoms with E-state index in [0.29, 0.717) is 6.04 Å². The first kappa shape index (κ1) is 9.36. The van der Waals surface area contributed by atoms with Gasteiger partial charge in [-0.15, -0.1) is 0 Å². The van der Waals surface area contributed by atoms with Crippen LogP contribution in [-0.2, 0) is 4.74 Å². The van der Waals surface area contributed by atoms with Gasteiger partial charge in [0.15, 0.2) is 0 Å². The highest BCUT2D eigenvalue weighted by Gasteiger charge is 2.20. The summed E-state index contributed by atoms with van der Waals surface area (Å²) in [7, 11) is 1.77. The van der Waals surface area contributed by atoms with Crippen molar-refractivity contribution in [1.29, 1.82) is 0 Å². The van der Waals surface area contributed by atoms with E-state index in [2.05, 4.69) is 24.0 Å². The van der Waals surface area contributed by atoms with Gasteiger partial charge in [-0.1, -0.05) is 0 Å². The second-order valence-electron chi connectivity index (χ2n) is 3.25. The highest BCUT2D eigenvalue weighted by molar-refractivity contribution is 7.99. The number of rotatable bonds is 4. The number of hydrogen-bond donors (Lipinski definition) is 1. The van der Waals surface area contributed by atoms with Crippen molar-refractivity contribution < 1.29 is 10.1 Å². The number of methoxy groups -OCH3 is 1. The monoisotopic (exact) mass is 176 g/mol. The summed E-state index contributed by atoms with van der Waals surface area (Å²) in [6.07, 6.45) is 1.37. The van der Waals surface area contributed by atoms with Crippen LogP contribution in [0.2, 0.25) is 0 Å². The molecule has 2 atom stereocenters. The Labute approximate surface area is 73.1 Å². The predicted octanol–water partition coefficient (Wildman–Crippen LogP) is 0.0902. The largest absolute Gasteiger partial charge is 0.379 e. The average molecular weight is 176 g/mol. The molecule has 0 amide bonds. The van der Waals surface area contributed by atoms with Crippen molar-refractivity contribution in [1.82, 2.24) is 0 Å². The summed E-state index contributed by atoms with van der Waals surface area (Å²) < 4.78 is 5.08. The summed E-state index contributed by atoms with van der Waals surface area (Å²) in [5.74, 6) is 2.68. The molecule has 0 aromatic heterocycles. The summed E-state index contributed by atoms with van der Waals surface area (Å²) in [5.41, 5.74) is 0. The van der Waals surface area contributed by atoms with Crippen molar-refractivity contribution in [3.8, 4) is 0 Å². The zero-order valence-corrected chi connectivity index (χ0v) is 8.19. The normalized spacial score (nSPS) is 27.3. The molecule has 0 aromatic carbocycles. The van der Waals surface area contributed by atoms with Crippen molar-refractivity contribution in [2.45, 2.75) is 25.4 Å². The van der Waals surface area contributed by atoms with Gasteiger partial charge in [0.1, 0.15) is 6.04 Å². The lowest BCUT2D eigenvalue weighted by Crippen LogP contribution is -2.95.